The number of thiazole rings is 1. The minimum atomic E-state index is -0.426. The summed E-state index contributed by atoms with van der Waals surface area (Å²) in [5, 5.41) is 10.5. The van der Waals surface area contributed by atoms with Gasteiger partial charge in [0.2, 0.25) is 0 Å². The van der Waals surface area contributed by atoms with Gasteiger partial charge in [-0.2, -0.15) is 5.26 Å². The number of nitriles is 1. The van der Waals surface area contributed by atoms with E-state index >= 15 is 0 Å². The number of likely N-dealkylation sites (N-methyl/N-ethyl adjacent to an activating group) is 2. The number of hydrogen-bond donors (Lipinski definition) is 0. The molecule has 2 atom stereocenters. The molecule has 1 aliphatic heterocycles. The van der Waals surface area contributed by atoms with Crippen LogP contribution < -0.4 is 0 Å². The first-order valence-electron chi connectivity index (χ1n) is 9.81. The van der Waals surface area contributed by atoms with Crippen molar-refractivity contribution in [2.75, 3.05) is 46.9 Å². The molecule has 0 saturated carbocycles. The number of ether oxygens (including phenoxy) is 1. The molecular formula is C20H27N7OS. The molecule has 0 aliphatic carbocycles. The Hall–Kier alpha value is -2.41. The van der Waals surface area contributed by atoms with Gasteiger partial charge in [-0.25, -0.2) is 15.0 Å². The second-order valence-corrected chi connectivity index (χ2v) is 8.18. The van der Waals surface area contributed by atoms with Crippen LogP contribution in [0.5, 0.6) is 0 Å². The Balaban J connectivity index is 1.60. The summed E-state index contributed by atoms with van der Waals surface area (Å²) in [6, 6.07) is 4.40. The van der Waals surface area contributed by atoms with Crippen LogP contribution in [0.15, 0.2) is 28.4 Å². The predicted molar refractivity (Wildman–Crippen MR) is 117 cm³/mol. The van der Waals surface area contributed by atoms with Crippen LogP contribution in [0.2, 0.25) is 0 Å². The van der Waals surface area contributed by atoms with Crippen molar-refractivity contribution in [3.8, 4) is 6.07 Å². The molecule has 2 unspecified atom stereocenters. The van der Waals surface area contributed by atoms with Crippen LogP contribution >= 0.6 is 11.3 Å². The van der Waals surface area contributed by atoms with Crippen molar-refractivity contribution in [3.63, 3.8) is 0 Å². The van der Waals surface area contributed by atoms with Gasteiger partial charge in [0.15, 0.2) is 0 Å². The van der Waals surface area contributed by atoms with Crippen molar-refractivity contribution in [2.45, 2.75) is 25.3 Å². The van der Waals surface area contributed by atoms with E-state index in [1.807, 2.05) is 6.07 Å². The van der Waals surface area contributed by atoms with E-state index in [-0.39, 0.29) is 6.04 Å². The molecule has 0 N–H and O–H groups in total. The molecule has 0 radical (unpaired) electrons. The maximum absolute atomic E-state index is 9.76. The lowest BCUT2D eigenvalue weighted by atomic mass is 9.99. The fourth-order valence-electron chi connectivity index (χ4n) is 3.02. The molecule has 0 bridgehead atoms. The lowest BCUT2D eigenvalue weighted by Gasteiger charge is -2.23. The molecule has 154 valence electrons. The number of nitrogens with zero attached hydrogens (tertiary/aromatic N) is 7. The third kappa shape index (κ3) is 5.79. The Morgan fingerprint density at radius 1 is 1.34 bits per heavy atom. The highest BCUT2D eigenvalue weighted by Gasteiger charge is 2.28. The van der Waals surface area contributed by atoms with E-state index in [9.17, 15) is 5.26 Å². The zero-order valence-electron chi connectivity index (χ0n) is 17.2. The van der Waals surface area contributed by atoms with Crippen LogP contribution in [0.1, 0.15) is 24.3 Å². The molecule has 3 heterocycles. The molecule has 2 aromatic rings. The highest BCUT2D eigenvalue weighted by Crippen LogP contribution is 2.31. The molecule has 29 heavy (non-hydrogen) atoms. The van der Waals surface area contributed by atoms with E-state index in [1.54, 1.807) is 18.6 Å². The zero-order valence-corrected chi connectivity index (χ0v) is 18.0. The Morgan fingerprint density at radius 2 is 2.21 bits per heavy atom. The largest absolute Gasteiger partial charge is 0.462 e. The number of hydrogen-bond acceptors (Lipinski definition) is 9. The van der Waals surface area contributed by atoms with Crippen LogP contribution in [0.3, 0.4) is 0 Å². The molecule has 0 saturated heterocycles. The summed E-state index contributed by atoms with van der Waals surface area (Å²) in [5.41, 5.74) is 0.815. The number of pyridine rings is 1. The van der Waals surface area contributed by atoms with Crippen molar-refractivity contribution in [3.05, 3.63) is 23.5 Å². The molecule has 0 spiro atoms. The molecule has 0 amide bonds. The van der Waals surface area contributed by atoms with E-state index in [4.69, 9.17) is 4.74 Å². The molecule has 0 aromatic carbocycles. The Labute approximate surface area is 175 Å². The van der Waals surface area contributed by atoms with Gasteiger partial charge in [0, 0.05) is 38.5 Å². The van der Waals surface area contributed by atoms with Gasteiger partial charge in [-0.05, 0) is 26.7 Å². The summed E-state index contributed by atoms with van der Waals surface area (Å²) < 4.78 is 6.83. The normalized spacial score (nSPS) is 17.5. The fourth-order valence-corrected chi connectivity index (χ4v) is 4.06. The number of aromatic nitrogens is 2. The van der Waals surface area contributed by atoms with Gasteiger partial charge in [-0.1, -0.05) is 6.92 Å². The standard InChI is InChI=1S/C20H27N7OS/c1-4-27(10-9-26(2)3)11-12-28-20-23-8-5-16(25-20)15(13-21)19-24-17-14-22-7-6-18(17)29-19/h6-8,14-16H,4-5,9-12H2,1-3H3. The SMILES string of the molecule is CCN(CCOC1=NC(C(C#N)c2nc3cnccc3s2)CC=N1)CCN(C)C. The summed E-state index contributed by atoms with van der Waals surface area (Å²) >= 11 is 1.52. The van der Waals surface area contributed by atoms with Gasteiger partial charge in [-0.15, -0.1) is 11.3 Å². The van der Waals surface area contributed by atoms with Gasteiger partial charge >= 0.3 is 6.02 Å². The number of fused-ring (bicyclic) bond motifs is 1. The zero-order chi connectivity index (χ0) is 20.6. The molecule has 8 nitrogen and oxygen atoms in total. The lowest BCUT2D eigenvalue weighted by Crippen LogP contribution is -2.34. The van der Waals surface area contributed by atoms with Gasteiger partial charge < -0.3 is 9.64 Å². The maximum atomic E-state index is 9.76. The minimum Gasteiger partial charge on any atom is -0.462 e. The van der Waals surface area contributed by atoms with Gasteiger partial charge in [-0.3, -0.25) is 9.88 Å². The summed E-state index contributed by atoms with van der Waals surface area (Å²) in [6.07, 6.45) is 5.85. The van der Waals surface area contributed by atoms with Crippen LogP contribution in [0.4, 0.5) is 0 Å². The van der Waals surface area contributed by atoms with Gasteiger partial charge in [0.1, 0.15) is 17.5 Å². The van der Waals surface area contributed by atoms with Crippen molar-refractivity contribution in [1.82, 2.24) is 19.8 Å². The molecule has 1 aliphatic rings. The maximum Gasteiger partial charge on any atom is 0.311 e. The van der Waals surface area contributed by atoms with E-state index in [0.29, 0.717) is 19.0 Å². The van der Waals surface area contributed by atoms with Crippen molar-refractivity contribution >= 4 is 33.8 Å². The molecule has 2 aromatic heterocycles. The second kappa shape index (κ2) is 10.4. The van der Waals surface area contributed by atoms with Crippen molar-refractivity contribution in [1.29, 1.82) is 5.26 Å². The number of amidine groups is 1. The molecule has 3 rings (SSSR count). The van der Waals surface area contributed by atoms with Crippen LogP contribution in [-0.2, 0) is 4.74 Å². The minimum absolute atomic E-state index is 0.239. The summed E-state index contributed by atoms with van der Waals surface area (Å²) in [7, 11) is 4.15. The van der Waals surface area contributed by atoms with Crippen LogP contribution in [0, 0.1) is 11.3 Å². The van der Waals surface area contributed by atoms with E-state index in [0.717, 1.165) is 41.4 Å². The van der Waals surface area contributed by atoms with Crippen LogP contribution in [0.25, 0.3) is 10.2 Å². The molecule has 0 fully saturated rings. The molecule has 9 heteroatoms. The smallest absolute Gasteiger partial charge is 0.311 e. The Kier molecular flexibility index (Phi) is 7.63. The number of aliphatic imine (C=N–C) groups is 2. The molecular weight excluding hydrogens is 386 g/mol. The highest BCUT2D eigenvalue weighted by molar-refractivity contribution is 7.18. The van der Waals surface area contributed by atoms with Crippen molar-refractivity contribution in [2.24, 2.45) is 9.98 Å². The first-order valence-corrected chi connectivity index (χ1v) is 10.6. The lowest BCUT2D eigenvalue weighted by molar-refractivity contribution is 0.193. The van der Waals surface area contributed by atoms with E-state index in [1.165, 1.54) is 11.3 Å². The van der Waals surface area contributed by atoms with E-state index < -0.39 is 5.92 Å². The second-order valence-electron chi connectivity index (χ2n) is 7.11. The van der Waals surface area contributed by atoms with Crippen molar-refractivity contribution < 1.29 is 4.74 Å². The van der Waals surface area contributed by atoms with Crippen LogP contribution in [-0.4, -0.2) is 84.9 Å². The third-order valence-corrected chi connectivity index (χ3v) is 5.89. The average molecular weight is 414 g/mol. The third-order valence-electron chi connectivity index (χ3n) is 4.77. The summed E-state index contributed by atoms with van der Waals surface area (Å²) in [4.78, 5) is 22.0. The Morgan fingerprint density at radius 3 is 2.93 bits per heavy atom. The predicted octanol–water partition coefficient (Wildman–Crippen LogP) is 2.40. The first-order chi connectivity index (χ1) is 14.1. The number of rotatable bonds is 9. The van der Waals surface area contributed by atoms with Gasteiger partial charge in [0.25, 0.3) is 0 Å². The quantitative estimate of drug-likeness (QED) is 0.627. The summed E-state index contributed by atoms with van der Waals surface area (Å²) in [5.74, 6) is -0.426. The average Bonchev–Trinajstić information content (AvgIpc) is 3.15. The highest BCUT2D eigenvalue weighted by atomic mass is 32.1. The van der Waals surface area contributed by atoms with Gasteiger partial charge in [0.05, 0.1) is 28.5 Å². The first kappa shape index (κ1) is 21.3. The monoisotopic (exact) mass is 413 g/mol. The fraction of sp³-hybridized carbons (Fsp3) is 0.550. The summed E-state index contributed by atoms with van der Waals surface area (Å²) in [6.45, 7) is 6.46. The van der Waals surface area contributed by atoms with E-state index in [2.05, 4.69) is 56.8 Å². The topological polar surface area (TPSA) is 90.0 Å². The Bertz CT molecular complexity index is 869.